The van der Waals surface area contributed by atoms with Crippen LogP contribution in [0, 0.1) is 11.6 Å². The van der Waals surface area contributed by atoms with E-state index in [1.54, 1.807) is 0 Å². The summed E-state index contributed by atoms with van der Waals surface area (Å²) >= 11 is 0. The topological polar surface area (TPSA) is 51.4 Å². The SMILES string of the molecule is COc1ccc(F)c(F)c1CN1CCC(c2ncon2)CC1. The Balaban J connectivity index is 1.67. The van der Waals surface area contributed by atoms with Gasteiger partial charge in [0.1, 0.15) is 5.75 Å². The maximum absolute atomic E-state index is 14.0. The van der Waals surface area contributed by atoms with E-state index < -0.39 is 11.6 Å². The minimum atomic E-state index is -0.850. The van der Waals surface area contributed by atoms with Crippen LogP contribution in [-0.4, -0.2) is 35.2 Å². The first kappa shape index (κ1) is 14.9. The quantitative estimate of drug-likeness (QED) is 0.869. The van der Waals surface area contributed by atoms with Crippen LogP contribution in [-0.2, 0) is 6.54 Å². The number of methoxy groups -OCH3 is 1. The number of halogens is 2. The van der Waals surface area contributed by atoms with Gasteiger partial charge in [-0.1, -0.05) is 5.16 Å². The standard InChI is InChI=1S/C15H17F2N3O2/c1-21-13-3-2-12(16)14(17)11(13)8-20-6-4-10(5-7-20)15-18-9-22-19-15/h2-3,9-10H,4-8H2,1H3. The van der Waals surface area contributed by atoms with Gasteiger partial charge in [0.25, 0.3) is 0 Å². The molecule has 118 valence electrons. The third-order valence-electron chi connectivity index (χ3n) is 4.09. The summed E-state index contributed by atoms with van der Waals surface area (Å²) < 4.78 is 37.3. The molecule has 0 N–H and O–H groups in total. The van der Waals surface area contributed by atoms with E-state index in [1.165, 1.54) is 19.6 Å². The van der Waals surface area contributed by atoms with Crippen LogP contribution < -0.4 is 4.74 Å². The second-order valence-electron chi connectivity index (χ2n) is 5.38. The van der Waals surface area contributed by atoms with Crippen molar-refractivity contribution in [3.05, 3.63) is 41.5 Å². The van der Waals surface area contributed by atoms with Crippen molar-refractivity contribution in [3.63, 3.8) is 0 Å². The van der Waals surface area contributed by atoms with Crippen molar-refractivity contribution >= 4 is 0 Å². The maximum Gasteiger partial charge on any atom is 0.213 e. The number of benzene rings is 1. The van der Waals surface area contributed by atoms with E-state index in [4.69, 9.17) is 9.26 Å². The molecule has 0 unspecified atom stereocenters. The summed E-state index contributed by atoms with van der Waals surface area (Å²) in [5.74, 6) is -0.334. The molecule has 0 aliphatic carbocycles. The molecule has 1 aromatic carbocycles. The summed E-state index contributed by atoms with van der Waals surface area (Å²) in [7, 11) is 1.46. The first-order valence-corrected chi connectivity index (χ1v) is 7.18. The average molecular weight is 309 g/mol. The smallest absolute Gasteiger partial charge is 0.213 e. The molecule has 22 heavy (non-hydrogen) atoms. The Bertz CT molecular complexity index is 626. The third kappa shape index (κ3) is 2.94. The second-order valence-corrected chi connectivity index (χ2v) is 5.38. The summed E-state index contributed by atoms with van der Waals surface area (Å²) in [5.41, 5.74) is 0.264. The van der Waals surface area contributed by atoms with Gasteiger partial charge in [0.15, 0.2) is 17.5 Å². The Kier molecular flexibility index (Phi) is 4.33. The molecule has 1 aliphatic heterocycles. The fourth-order valence-corrected chi connectivity index (χ4v) is 2.85. The zero-order valence-electron chi connectivity index (χ0n) is 12.3. The summed E-state index contributed by atoms with van der Waals surface area (Å²) in [4.78, 5) is 6.16. The van der Waals surface area contributed by atoms with Crippen molar-refractivity contribution in [1.29, 1.82) is 0 Å². The van der Waals surface area contributed by atoms with Gasteiger partial charge in [0.2, 0.25) is 6.39 Å². The zero-order valence-corrected chi connectivity index (χ0v) is 12.3. The van der Waals surface area contributed by atoms with Gasteiger partial charge in [-0.3, -0.25) is 4.90 Å². The predicted octanol–water partition coefficient (Wildman–Crippen LogP) is 2.74. The van der Waals surface area contributed by atoms with Gasteiger partial charge in [-0.2, -0.15) is 4.98 Å². The van der Waals surface area contributed by atoms with Crippen LogP contribution in [0.3, 0.4) is 0 Å². The van der Waals surface area contributed by atoms with Crippen LogP contribution in [0.1, 0.15) is 30.1 Å². The van der Waals surface area contributed by atoms with Crippen molar-refractivity contribution in [1.82, 2.24) is 15.0 Å². The number of piperidine rings is 1. The molecule has 2 heterocycles. The molecule has 0 amide bonds. The van der Waals surface area contributed by atoms with Gasteiger partial charge >= 0.3 is 0 Å². The van der Waals surface area contributed by atoms with Crippen molar-refractivity contribution in [3.8, 4) is 5.75 Å². The van der Waals surface area contributed by atoms with Crippen molar-refractivity contribution in [2.75, 3.05) is 20.2 Å². The Morgan fingerprint density at radius 2 is 2.09 bits per heavy atom. The van der Waals surface area contributed by atoms with E-state index in [9.17, 15) is 8.78 Å². The van der Waals surface area contributed by atoms with Crippen molar-refractivity contribution < 1.29 is 18.0 Å². The number of aromatic nitrogens is 2. The number of likely N-dealkylation sites (tertiary alicyclic amines) is 1. The maximum atomic E-state index is 14.0. The van der Waals surface area contributed by atoms with Gasteiger partial charge in [0.05, 0.1) is 7.11 Å². The van der Waals surface area contributed by atoms with Crippen molar-refractivity contribution in [2.24, 2.45) is 0 Å². The van der Waals surface area contributed by atoms with Crippen LogP contribution >= 0.6 is 0 Å². The number of rotatable bonds is 4. The Hall–Kier alpha value is -2.02. The Morgan fingerprint density at radius 1 is 1.32 bits per heavy atom. The summed E-state index contributed by atoms with van der Waals surface area (Å²) in [6, 6.07) is 2.54. The molecule has 2 aromatic rings. The van der Waals surface area contributed by atoms with Crippen molar-refractivity contribution in [2.45, 2.75) is 25.3 Å². The highest BCUT2D eigenvalue weighted by molar-refractivity contribution is 5.35. The first-order chi connectivity index (χ1) is 10.7. The first-order valence-electron chi connectivity index (χ1n) is 7.18. The van der Waals surface area contributed by atoms with E-state index in [-0.39, 0.29) is 11.5 Å². The predicted molar refractivity (Wildman–Crippen MR) is 74.5 cm³/mol. The van der Waals surface area contributed by atoms with Crippen LogP contribution in [0.5, 0.6) is 5.75 Å². The number of hydrogen-bond donors (Lipinski definition) is 0. The monoisotopic (exact) mass is 309 g/mol. The summed E-state index contributed by atoms with van der Waals surface area (Å²) in [5, 5.41) is 3.87. The van der Waals surface area contributed by atoms with E-state index in [1.807, 2.05) is 0 Å². The largest absolute Gasteiger partial charge is 0.496 e. The summed E-state index contributed by atoms with van der Waals surface area (Å²) in [6.07, 6.45) is 3.05. The van der Waals surface area contributed by atoms with Gasteiger partial charge in [-0.05, 0) is 38.1 Å². The molecule has 0 saturated carbocycles. The van der Waals surface area contributed by atoms with Gasteiger partial charge < -0.3 is 9.26 Å². The molecule has 3 rings (SSSR count). The molecule has 0 radical (unpaired) electrons. The molecule has 1 fully saturated rings. The fourth-order valence-electron chi connectivity index (χ4n) is 2.85. The number of hydrogen-bond acceptors (Lipinski definition) is 5. The van der Waals surface area contributed by atoms with Gasteiger partial charge in [-0.25, -0.2) is 8.78 Å². The van der Waals surface area contributed by atoms with Crippen LogP contribution in [0.15, 0.2) is 23.0 Å². The molecule has 0 spiro atoms. The molecule has 0 atom stereocenters. The highest BCUT2D eigenvalue weighted by Crippen LogP contribution is 2.29. The van der Waals surface area contributed by atoms with E-state index >= 15 is 0 Å². The summed E-state index contributed by atoms with van der Waals surface area (Å²) in [6.45, 7) is 1.85. The van der Waals surface area contributed by atoms with E-state index in [2.05, 4.69) is 15.0 Å². The Labute approximate surface area is 126 Å². The molecular weight excluding hydrogens is 292 g/mol. The molecule has 7 heteroatoms. The normalized spacial score (nSPS) is 16.9. The minimum Gasteiger partial charge on any atom is -0.496 e. The lowest BCUT2D eigenvalue weighted by Crippen LogP contribution is -2.33. The highest BCUT2D eigenvalue weighted by atomic mass is 19.2. The van der Waals surface area contributed by atoms with Crippen LogP contribution in [0.4, 0.5) is 8.78 Å². The molecular formula is C15H17F2N3O2. The molecule has 1 aromatic heterocycles. The average Bonchev–Trinajstić information content (AvgIpc) is 3.07. The zero-order chi connectivity index (χ0) is 15.5. The number of nitrogens with zero attached hydrogens (tertiary/aromatic N) is 3. The number of ether oxygens (including phenoxy) is 1. The van der Waals surface area contributed by atoms with Gasteiger partial charge in [0, 0.05) is 18.0 Å². The minimum absolute atomic E-state index is 0.259. The van der Waals surface area contributed by atoms with Crippen LogP contribution in [0.2, 0.25) is 0 Å². The van der Waals surface area contributed by atoms with Gasteiger partial charge in [-0.15, -0.1) is 0 Å². The lowest BCUT2D eigenvalue weighted by molar-refractivity contribution is 0.195. The van der Waals surface area contributed by atoms with E-state index in [0.717, 1.165) is 32.0 Å². The van der Waals surface area contributed by atoms with Crippen LogP contribution in [0.25, 0.3) is 0 Å². The fraction of sp³-hybridized carbons (Fsp3) is 0.467. The molecule has 1 saturated heterocycles. The Morgan fingerprint density at radius 3 is 2.73 bits per heavy atom. The highest BCUT2D eigenvalue weighted by Gasteiger charge is 2.25. The molecule has 1 aliphatic rings. The lowest BCUT2D eigenvalue weighted by Gasteiger charge is -2.31. The lowest BCUT2D eigenvalue weighted by atomic mass is 9.96. The molecule has 0 bridgehead atoms. The third-order valence-corrected chi connectivity index (χ3v) is 4.09. The molecule has 5 nitrogen and oxygen atoms in total. The second kappa shape index (κ2) is 6.39. The van der Waals surface area contributed by atoms with E-state index in [0.29, 0.717) is 18.1 Å².